The van der Waals surface area contributed by atoms with Gasteiger partial charge in [-0.25, -0.2) is 0 Å². The Balaban J connectivity index is 2.24. The number of nitrogens with zero attached hydrogens (tertiary/aromatic N) is 1. The van der Waals surface area contributed by atoms with Crippen molar-refractivity contribution >= 4 is 11.4 Å². The van der Waals surface area contributed by atoms with E-state index >= 15 is 0 Å². The van der Waals surface area contributed by atoms with Crippen molar-refractivity contribution in [3.8, 4) is 11.5 Å². The van der Waals surface area contributed by atoms with E-state index in [2.05, 4.69) is 0 Å². The maximum atomic E-state index is 10.6. The Labute approximate surface area is 104 Å². The number of aryl methyl sites for hydroxylation is 1. The SMILES string of the molecule is Cc1cc([N+](=O)[O-])ccc1Oc1ccc(N)cc1. The molecule has 92 valence electrons. The van der Waals surface area contributed by atoms with E-state index in [0.29, 0.717) is 22.7 Å². The summed E-state index contributed by atoms with van der Waals surface area (Å²) in [4.78, 5) is 10.2. The van der Waals surface area contributed by atoms with E-state index in [1.54, 1.807) is 37.3 Å². The van der Waals surface area contributed by atoms with Gasteiger partial charge in [-0.05, 0) is 42.8 Å². The first kappa shape index (κ1) is 11.9. The summed E-state index contributed by atoms with van der Waals surface area (Å²) in [6.45, 7) is 1.76. The predicted molar refractivity (Wildman–Crippen MR) is 68.8 cm³/mol. The topological polar surface area (TPSA) is 78.4 Å². The Hall–Kier alpha value is -2.56. The first-order chi connectivity index (χ1) is 8.56. The van der Waals surface area contributed by atoms with E-state index in [1.165, 1.54) is 12.1 Å². The molecule has 5 heteroatoms. The highest BCUT2D eigenvalue weighted by atomic mass is 16.6. The van der Waals surface area contributed by atoms with Gasteiger partial charge >= 0.3 is 0 Å². The van der Waals surface area contributed by atoms with Crippen molar-refractivity contribution in [1.82, 2.24) is 0 Å². The van der Waals surface area contributed by atoms with Crippen LogP contribution in [0.5, 0.6) is 11.5 Å². The van der Waals surface area contributed by atoms with Crippen LogP contribution in [0.25, 0.3) is 0 Å². The second-order valence-electron chi connectivity index (χ2n) is 3.88. The summed E-state index contributed by atoms with van der Waals surface area (Å²) in [7, 11) is 0. The average molecular weight is 244 g/mol. The fourth-order valence-corrected chi connectivity index (χ4v) is 1.52. The first-order valence-corrected chi connectivity index (χ1v) is 5.35. The lowest BCUT2D eigenvalue weighted by Gasteiger charge is -2.08. The van der Waals surface area contributed by atoms with Gasteiger partial charge in [-0.3, -0.25) is 10.1 Å². The molecule has 0 amide bonds. The molecule has 0 aliphatic rings. The van der Waals surface area contributed by atoms with E-state index in [9.17, 15) is 10.1 Å². The Bertz CT molecular complexity index is 579. The van der Waals surface area contributed by atoms with E-state index in [1.807, 2.05) is 0 Å². The number of ether oxygens (including phenoxy) is 1. The van der Waals surface area contributed by atoms with Crippen LogP contribution in [-0.4, -0.2) is 4.92 Å². The minimum Gasteiger partial charge on any atom is -0.457 e. The van der Waals surface area contributed by atoms with Gasteiger partial charge in [0.1, 0.15) is 11.5 Å². The maximum Gasteiger partial charge on any atom is 0.269 e. The summed E-state index contributed by atoms with van der Waals surface area (Å²) in [6, 6.07) is 11.4. The lowest BCUT2D eigenvalue weighted by atomic mass is 10.2. The van der Waals surface area contributed by atoms with Crippen molar-refractivity contribution in [2.24, 2.45) is 0 Å². The zero-order valence-corrected chi connectivity index (χ0v) is 9.79. The molecule has 0 unspecified atom stereocenters. The molecule has 0 radical (unpaired) electrons. The molecular weight excluding hydrogens is 232 g/mol. The van der Waals surface area contributed by atoms with Gasteiger partial charge in [0.05, 0.1) is 4.92 Å². The number of anilines is 1. The molecule has 2 aromatic carbocycles. The summed E-state index contributed by atoms with van der Waals surface area (Å²) in [6.07, 6.45) is 0. The number of rotatable bonds is 3. The number of benzene rings is 2. The zero-order chi connectivity index (χ0) is 13.1. The fourth-order valence-electron chi connectivity index (χ4n) is 1.52. The molecule has 18 heavy (non-hydrogen) atoms. The molecule has 5 nitrogen and oxygen atoms in total. The van der Waals surface area contributed by atoms with Crippen LogP contribution >= 0.6 is 0 Å². The van der Waals surface area contributed by atoms with Crippen LogP contribution in [-0.2, 0) is 0 Å². The van der Waals surface area contributed by atoms with Gasteiger partial charge in [-0.15, -0.1) is 0 Å². The van der Waals surface area contributed by atoms with Crippen LogP contribution in [0.2, 0.25) is 0 Å². The smallest absolute Gasteiger partial charge is 0.269 e. The number of nitrogens with two attached hydrogens (primary N) is 1. The highest BCUT2D eigenvalue weighted by Gasteiger charge is 2.09. The summed E-state index contributed by atoms with van der Waals surface area (Å²) in [5.74, 6) is 1.23. The number of non-ortho nitro benzene ring substituents is 1. The number of nitro benzene ring substituents is 1. The van der Waals surface area contributed by atoms with Crippen molar-refractivity contribution in [1.29, 1.82) is 0 Å². The third kappa shape index (κ3) is 2.57. The van der Waals surface area contributed by atoms with Gasteiger partial charge in [0.25, 0.3) is 5.69 Å². The monoisotopic (exact) mass is 244 g/mol. The molecule has 0 bridgehead atoms. The van der Waals surface area contributed by atoms with Gasteiger partial charge in [0.15, 0.2) is 0 Å². The molecule has 2 aromatic rings. The van der Waals surface area contributed by atoms with Crippen LogP contribution in [0, 0.1) is 17.0 Å². The van der Waals surface area contributed by atoms with Crippen molar-refractivity contribution in [3.05, 3.63) is 58.1 Å². The second kappa shape index (κ2) is 4.75. The number of hydrogen-bond acceptors (Lipinski definition) is 4. The zero-order valence-electron chi connectivity index (χ0n) is 9.79. The lowest BCUT2D eigenvalue weighted by Crippen LogP contribution is -1.92. The Morgan fingerprint density at radius 3 is 2.39 bits per heavy atom. The van der Waals surface area contributed by atoms with E-state index in [0.717, 1.165) is 0 Å². The van der Waals surface area contributed by atoms with Crippen molar-refractivity contribution < 1.29 is 9.66 Å². The van der Waals surface area contributed by atoms with Gasteiger partial charge in [0.2, 0.25) is 0 Å². The number of nitro groups is 1. The molecule has 0 aliphatic carbocycles. The van der Waals surface area contributed by atoms with Crippen molar-refractivity contribution in [2.75, 3.05) is 5.73 Å². The lowest BCUT2D eigenvalue weighted by molar-refractivity contribution is -0.384. The van der Waals surface area contributed by atoms with Gasteiger partial charge in [0, 0.05) is 17.8 Å². The Morgan fingerprint density at radius 1 is 1.17 bits per heavy atom. The minimum absolute atomic E-state index is 0.0529. The standard InChI is InChI=1S/C13H12N2O3/c1-9-8-11(15(16)17)4-7-13(9)18-12-5-2-10(14)3-6-12/h2-8H,14H2,1H3. The first-order valence-electron chi connectivity index (χ1n) is 5.35. The molecule has 2 N–H and O–H groups in total. The summed E-state index contributed by atoms with van der Waals surface area (Å²) in [5, 5.41) is 10.6. The Kier molecular flexibility index (Phi) is 3.14. The second-order valence-corrected chi connectivity index (χ2v) is 3.88. The fraction of sp³-hybridized carbons (Fsp3) is 0.0769. The molecule has 2 rings (SSSR count). The molecule has 0 heterocycles. The quantitative estimate of drug-likeness (QED) is 0.510. The Morgan fingerprint density at radius 2 is 1.83 bits per heavy atom. The summed E-state index contributed by atoms with van der Waals surface area (Å²) < 4.78 is 5.62. The van der Waals surface area contributed by atoms with Crippen LogP contribution in [0.1, 0.15) is 5.56 Å². The highest BCUT2D eigenvalue weighted by molar-refractivity contribution is 5.47. The number of nitrogen functional groups attached to an aromatic ring is 1. The van der Waals surface area contributed by atoms with Crippen molar-refractivity contribution in [2.45, 2.75) is 6.92 Å². The molecule has 0 saturated heterocycles. The van der Waals surface area contributed by atoms with E-state index < -0.39 is 4.92 Å². The molecule has 0 fully saturated rings. The van der Waals surface area contributed by atoms with Crippen molar-refractivity contribution in [3.63, 3.8) is 0 Å². The van der Waals surface area contributed by atoms with Gasteiger partial charge in [-0.1, -0.05) is 0 Å². The molecule has 0 atom stereocenters. The molecule has 0 aliphatic heterocycles. The molecule has 0 aromatic heterocycles. The third-order valence-corrected chi connectivity index (χ3v) is 2.48. The van der Waals surface area contributed by atoms with Gasteiger partial charge in [-0.2, -0.15) is 0 Å². The van der Waals surface area contributed by atoms with Crippen LogP contribution in [0.3, 0.4) is 0 Å². The van der Waals surface area contributed by atoms with E-state index in [4.69, 9.17) is 10.5 Å². The highest BCUT2D eigenvalue weighted by Crippen LogP contribution is 2.28. The van der Waals surface area contributed by atoms with Crippen LogP contribution in [0.4, 0.5) is 11.4 Å². The molecule has 0 saturated carbocycles. The number of hydrogen-bond donors (Lipinski definition) is 1. The van der Waals surface area contributed by atoms with Crippen LogP contribution in [0.15, 0.2) is 42.5 Å². The largest absolute Gasteiger partial charge is 0.457 e. The normalized spacial score (nSPS) is 10.1. The minimum atomic E-state index is -0.431. The summed E-state index contributed by atoms with van der Waals surface area (Å²) >= 11 is 0. The molecule has 0 spiro atoms. The average Bonchev–Trinajstić information content (AvgIpc) is 2.34. The van der Waals surface area contributed by atoms with Crippen LogP contribution < -0.4 is 10.5 Å². The summed E-state index contributed by atoms with van der Waals surface area (Å²) in [5.41, 5.74) is 6.99. The third-order valence-electron chi connectivity index (χ3n) is 2.48. The maximum absolute atomic E-state index is 10.6. The van der Waals surface area contributed by atoms with E-state index in [-0.39, 0.29) is 5.69 Å². The predicted octanol–water partition coefficient (Wildman–Crippen LogP) is 3.28. The van der Waals surface area contributed by atoms with Gasteiger partial charge < -0.3 is 10.5 Å². The molecular formula is C13H12N2O3.